The molecule has 1 aliphatic carbocycles. The highest BCUT2D eigenvalue weighted by molar-refractivity contribution is 5.93. The van der Waals surface area contributed by atoms with Crippen LogP contribution in [-0.2, 0) is 34.1 Å². The average Bonchev–Trinajstić information content (AvgIpc) is 3.54. The number of hydrogen-bond acceptors (Lipinski definition) is 9. The molecule has 5 rings (SSSR count). The van der Waals surface area contributed by atoms with E-state index in [0.29, 0.717) is 36.3 Å². The summed E-state index contributed by atoms with van der Waals surface area (Å²) in [5.41, 5.74) is -0.723. The second kappa shape index (κ2) is 10.5. The van der Waals surface area contributed by atoms with Gasteiger partial charge in [-0.05, 0) is 50.7 Å². The molecule has 2 saturated heterocycles. The van der Waals surface area contributed by atoms with Crippen LogP contribution < -0.4 is 5.32 Å². The first-order valence-electron chi connectivity index (χ1n) is 13.8. The molecule has 1 saturated carbocycles. The van der Waals surface area contributed by atoms with Gasteiger partial charge in [0.1, 0.15) is 42.8 Å². The van der Waals surface area contributed by atoms with Gasteiger partial charge < -0.3 is 24.3 Å². The number of carbonyl (C=O) groups is 2. The Kier molecular flexibility index (Phi) is 7.39. The number of hydrogen-bond donors (Lipinski definition) is 1. The van der Waals surface area contributed by atoms with Gasteiger partial charge in [0.25, 0.3) is 0 Å². The molecule has 11 nitrogen and oxygen atoms in total. The van der Waals surface area contributed by atoms with E-state index in [1.165, 1.54) is 17.3 Å². The van der Waals surface area contributed by atoms with Gasteiger partial charge in [0.15, 0.2) is 11.6 Å². The molecule has 0 aromatic carbocycles. The van der Waals surface area contributed by atoms with Gasteiger partial charge in [0.05, 0.1) is 12.1 Å². The van der Waals surface area contributed by atoms with Crippen LogP contribution in [0, 0.1) is 16.7 Å². The number of esters is 1. The van der Waals surface area contributed by atoms with Gasteiger partial charge in [-0.1, -0.05) is 33.1 Å². The largest absolute Gasteiger partial charge is 0.463 e. The van der Waals surface area contributed by atoms with Crippen molar-refractivity contribution in [1.82, 2.24) is 14.6 Å². The van der Waals surface area contributed by atoms with Crippen LogP contribution in [0.4, 0.5) is 5.82 Å². The number of rotatable bonds is 8. The summed E-state index contributed by atoms with van der Waals surface area (Å²) >= 11 is 0. The van der Waals surface area contributed by atoms with E-state index in [-0.39, 0.29) is 23.9 Å². The van der Waals surface area contributed by atoms with E-state index in [0.717, 1.165) is 25.7 Å². The fourth-order valence-corrected chi connectivity index (χ4v) is 6.12. The number of fused-ring (bicyclic) bond motifs is 2. The van der Waals surface area contributed by atoms with Crippen LogP contribution in [0.1, 0.15) is 84.8 Å². The normalized spacial score (nSPS) is 29.1. The zero-order valence-corrected chi connectivity index (χ0v) is 23.1. The first-order chi connectivity index (χ1) is 18.6. The van der Waals surface area contributed by atoms with Crippen molar-refractivity contribution in [2.45, 2.75) is 109 Å². The Hall–Kier alpha value is -3.07. The monoisotopic (exact) mass is 539 g/mol. The van der Waals surface area contributed by atoms with Gasteiger partial charge in [-0.25, -0.2) is 9.50 Å². The number of anilines is 1. The predicted molar refractivity (Wildman–Crippen MR) is 139 cm³/mol. The molecule has 3 aliphatic rings. The lowest BCUT2D eigenvalue weighted by Gasteiger charge is -2.32. The molecule has 11 heteroatoms. The Balaban J connectivity index is 1.40. The molecule has 1 amide bonds. The zero-order valence-electron chi connectivity index (χ0n) is 23.1. The van der Waals surface area contributed by atoms with Gasteiger partial charge in [-0.15, -0.1) is 0 Å². The lowest BCUT2D eigenvalue weighted by molar-refractivity contribution is -0.207. The van der Waals surface area contributed by atoms with Gasteiger partial charge in [0, 0.05) is 6.42 Å². The first-order valence-corrected chi connectivity index (χ1v) is 13.8. The Morgan fingerprint density at radius 2 is 1.95 bits per heavy atom. The Morgan fingerprint density at radius 3 is 2.67 bits per heavy atom. The van der Waals surface area contributed by atoms with E-state index in [1.807, 2.05) is 6.92 Å². The Bertz CT molecular complexity index is 1280. The summed E-state index contributed by atoms with van der Waals surface area (Å²) in [6.07, 6.45) is 6.05. The van der Waals surface area contributed by atoms with E-state index in [4.69, 9.17) is 18.9 Å². The van der Waals surface area contributed by atoms with Crippen LogP contribution in [0.2, 0.25) is 0 Å². The lowest BCUT2D eigenvalue weighted by Crippen LogP contribution is -2.40. The third-order valence-electron chi connectivity index (χ3n) is 8.01. The molecule has 0 bridgehead atoms. The lowest BCUT2D eigenvalue weighted by atomic mass is 9.73. The standard InChI is InChI=1S/C28H37N5O6/c1-5-9-21(34)32-25-18-10-11-20(33(18)31-17-30-25)28(16-29)24-23(38-26(2,3)39-24)19(37-28)15-36-22(35)14-27(4)12-7-6-8-13-27/h10-11,17,19,23-24H,5-9,12-15H2,1-4H3,(H,30,31,32,34)/t19-,23-,24-,28+/m1/s1. The van der Waals surface area contributed by atoms with Crippen LogP contribution in [0.25, 0.3) is 5.52 Å². The topological polar surface area (TPSA) is 137 Å². The predicted octanol–water partition coefficient (Wildman–Crippen LogP) is 4.01. The summed E-state index contributed by atoms with van der Waals surface area (Å²) in [6, 6.07) is 5.76. The SMILES string of the molecule is CCCC(=O)Nc1ncnn2c([C@]3(C#N)O[C@H](COC(=O)CC4(C)CCCCC4)[C@H]4OC(C)(C)O[C@H]43)ccc12. The molecule has 0 radical (unpaired) electrons. The zero-order chi connectivity index (χ0) is 27.8. The first kappa shape index (κ1) is 27.5. The van der Waals surface area contributed by atoms with Crippen molar-refractivity contribution in [3.05, 3.63) is 24.2 Å². The maximum absolute atomic E-state index is 12.8. The summed E-state index contributed by atoms with van der Waals surface area (Å²) in [7, 11) is 0. The Labute approximate surface area is 228 Å². The van der Waals surface area contributed by atoms with Crippen molar-refractivity contribution in [2.75, 3.05) is 11.9 Å². The average molecular weight is 540 g/mol. The Morgan fingerprint density at radius 1 is 1.18 bits per heavy atom. The molecule has 4 atom stereocenters. The number of amides is 1. The smallest absolute Gasteiger partial charge is 0.306 e. The summed E-state index contributed by atoms with van der Waals surface area (Å²) in [5.74, 6) is -1.07. The number of carbonyl (C=O) groups excluding carboxylic acids is 2. The van der Waals surface area contributed by atoms with Crippen LogP contribution in [0.15, 0.2) is 18.5 Å². The molecule has 2 aromatic rings. The molecule has 1 N–H and O–H groups in total. The van der Waals surface area contributed by atoms with Crippen LogP contribution in [0.5, 0.6) is 0 Å². The summed E-state index contributed by atoms with van der Waals surface area (Å²) in [4.78, 5) is 29.3. The third kappa shape index (κ3) is 5.25. The van der Waals surface area contributed by atoms with Crippen molar-refractivity contribution in [1.29, 1.82) is 5.26 Å². The molecule has 4 heterocycles. The highest BCUT2D eigenvalue weighted by Gasteiger charge is 2.65. The fraction of sp³-hybridized carbons (Fsp3) is 0.679. The molecule has 210 valence electrons. The van der Waals surface area contributed by atoms with E-state index < -0.39 is 29.7 Å². The van der Waals surface area contributed by atoms with E-state index >= 15 is 0 Å². The fourth-order valence-electron chi connectivity index (χ4n) is 6.12. The van der Waals surface area contributed by atoms with Gasteiger partial charge in [-0.2, -0.15) is 10.4 Å². The molecule has 3 fully saturated rings. The molecule has 0 unspecified atom stereocenters. The highest BCUT2D eigenvalue weighted by atomic mass is 16.8. The van der Waals surface area contributed by atoms with Crippen molar-refractivity contribution in [2.24, 2.45) is 5.41 Å². The van der Waals surface area contributed by atoms with Crippen LogP contribution in [0.3, 0.4) is 0 Å². The van der Waals surface area contributed by atoms with Crippen molar-refractivity contribution in [3.63, 3.8) is 0 Å². The number of nitrogens with one attached hydrogen (secondary N) is 1. The van der Waals surface area contributed by atoms with E-state index in [2.05, 4.69) is 28.4 Å². The molecule has 39 heavy (non-hydrogen) atoms. The molecular weight excluding hydrogens is 502 g/mol. The van der Waals surface area contributed by atoms with Crippen molar-refractivity contribution in [3.8, 4) is 6.07 Å². The maximum Gasteiger partial charge on any atom is 0.306 e. The third-order valence-corrected chi connectivity index (χ3v) is 8.01. The molecule has 0 spiro atoms. The second-order valence-corrected chi connectivity index (χ2v) is 11.7. The quantitative estimate of drug-likeness (QED) is 0.493. The minimum atomic E-state index is -1.60. The molecule has 2 aromatic heterocycles. The van der Waals surface area contributed by atoms with Crippen LogP contribution >= 0.6 is 0 Å². The summed E-state index contributed by atoms with van der Waals surface area (Å²) < 4.78 is 26.0. The summed E-state index contributed by atoms with van der Waals surface area (Å²) in [6.45, 7) is 7.56. The molecular formula is C28H37N5O6. The summed E-state index contributed by atoms with van der Waals surface area (Å²) in [5, 5.41) is 17.7. The maximum atomic E-state index is 12.8. The minimum absolute atomic E-state index is 0.0470. The van der Waals surface area contributed by atoms with Gasteiger partial charge in [-0.3, -0.25) is 9.59 Å². The van der Waals surface area contributed by atoms with Crippen molar-refractivity contribution >= 4 is 23.2 Å². The van der Waals surface area contributed by atoms with E-state index in [9.17, 15) is 14.9 Å². The molecule has 2 aliphatic heterocycles. The van der Waals surface area contributed by atoms with Gasteiger partial charge in [0.2, 0.25) is 11.5 Å². The number of ether oxygens (including phenoxy) is 4. The second-order valence-electron chi connectivity index (χ2n) is 11.7. The number of nitrogens with zero attached hydrogens (tertiary/aromatic N) is 4. The highest BCUT2D eigenvalue weighted by Crippen LogP contribution is 2.49. The minimum Gasteiger partial charge on any atom is -0.463 e. The number of nitriles is 1. The van der Waals surface area contributed by atoms with Gasteiger partial charge >= 0.3 is 5.97 Å². The van der Waals surface area contributed by atoms with Crippen molar-refractivity contribution < 1.29 is 28.5 Å². The number of aromatic nitrogens is 3. The van der Waals surface area contributed by atoms with E-state index in [1.54, 1.807) is 26.0 Å². The van der Waals surface area contributed by atoms with Crippen LogP contribution in [-0.4, -0.2) is 57.2 Å².